The predicted octanol–water partition coefficient (Wildman–Crippen LogP) is 4.71. The molecule has 2 rings (SSSR count). The Morgan fingerprint density at radius 1 is 0.765 bits per heavy atom. The maximum Gasteiger partial charge on any atom is 0.123 e. The van der Waals surface area contributed by atoms with Crippen LogP contribution in [0.1, 0.15) is 11.1 Å². The van der Waals surface area contributed by atoms with Gasteiger partial charge in [0.1, 0.15) is 5.83 Å². The minimum atomic E-state index is -0.250. The van der Waals surface area contributed by atoms with E-state index in [0.717, 1.165) is 11.1 Å². The van der Waals surface area contributed by atoms with Gasteiger partial charge in [-0.1, -0.05) is 66.7 Å². The van der Waals surface area contributed by atoms with Crippen molar-refractivity contribution in [3.8, 4) is 0 Å². The molecule has 0 heterocycles. The van der Waals surface area contributed by atoms with Crippen molar-refractivity contribution in [2.75, 3.05) is 0 Å². The first-order chi connectivity index (χ1) is 8.34. The van der Waals surface area contributed by atoms with Gasteiger partial charge in [-0.15, -0.1) is 0 Å². The molecule has 0 spiro atoms. The SMILES string of the molecule is FC(=Cc1ccccc1)/C=C/c1ccccc1. The lowest BCUT2D eigenvalue weighted by atomic mass is 10.2. The number of benzene rings is 2. The lowest BCUT2D eigenvalue weighted by Crippen LogP contribution is -1.72. The minimum absolute atomic E-state index is 0.250. The molecule has 2 aromatic rings. The molecule has 0 bridgehead atoms. The molecule has 2 aromatic carbocycles. The average molecular weight is 224 g/mol. The van der Waals surface area contributed by atoms with E-state index in [2.05, 4.69) is 0 Å². The standard InChI is InChI=1S/C16H13F/c17-16(13-15-9-5-2-6-10-15)12-11-14-7-3-1-4-8-14/h1-13H/b12-11+,16-13?. The van der Waals surface area contributed by atoms with Crippen LogP contribution in [0.5, 0.6) is 0 Å². The fourth-order valence-electron chi connectivity index (χ4n) is 1.50. The summed E-state index contributed by atoms with van der Waals surface area (Å²) in [6, 6.07) is 19.1. The Morgan fingerprint density at radius 3 is 1.88 bits per heavy atom. The van der Waals surface area contributed by atoms with Crippen LogP contribution in [0.4, 0.5) is 4.39 Å². The summed E-state index contributed by atoms with van der Waals surface area (Å²) in [6.07, 6.45) is 4.75. The third-order valence-electron chi connectivity index (χ3n) is 2.34. The van der Waals surface area contributed by atoms with E-state index in [-0.39, 0.29) is 5.83 Å². The van der Waals surface area contributed by atoms with Crippen molar-refractivity contribution in [3.63, 3.8) is 0 Å². The van der Waals surface area contributed by atoms with Crippen LogP contribution in [0.3, 0.4) is 0 Å². The van der Waals surface area contributed by atoms with E-state index in [4.69, 9.17) is 0 Å². The van der Waals surface area contributed by atoms with Gasteiger partial charge in [0.2, 0.25) is 0 Å². The normalized spacial score (nSPS) is 11.9. The summed E-state index contributed by atoms with van der Waals surface area (Å²) in [7, 11) is 0. The minimum Gasteiger partial charge on any atom is -0.207 e. The van der Waals surface area contributed by atoms with Crippen LogP contribution in [0.2, 0.25) is 0 Å². The maximum atomic E-state index is 13.5. The van der Waals surface area contributed by atoms with Crippen molar-refractivity contribution >= 4 is 12.2 Å². The summed E-state index contributed by atoms with van der Waals surface area (Å²) in [6.45, 7) is 0. The van der Waals surface area contributed by atoms with Crippen molar-refractivity contribution in [2.24, 2.45) is 0 Å². The Kier molecular flexibility index (Phi) is 3.87. The highest BCUT2D eigenvalue weighted by Gasteiger charge is 1.90. The number of hydrogen-bond acceptors (Lipinski definition) is 0. The molecule has 0 amide bonds. The molecular weight excluding hydrogens is 211 g/mol. The number of allylic oxidation sites excluding steroid dienone is 2. The molecule has 0 aliphatic rings. The second-order valence-electron chi connectivity index (χ2n) is 3.68. The predicted molar refractivity (Wildman–Crippen MR) is 71.0 cm³/mol. The number of halogens is 1. The zero-order valence-corrected chi connectivity index (χ0v) is 9.38. The zero-order valence-electron chi connectivity index (χ0n) is 9.38. The monoisotopic (exact) mass is 224 g/mol. The summed E-state index contributed by atoms with van der Waals surface area (Å²) in [5.74, 6) is -0.250. The smallest absolute Gasteiger partial charge is 0.123 e. The van der Waals surface area contributed by atoms with Gasteiger partial charge in [0.25, 0.3) is 0 Å². The van der Waals surface area contributed by atoms with E-state index >= 15 is 0 Å². The largest absolute Gasteiger partial charge is 0.207 e. The summed E-state index contributed by atoms with van der Waals surface area (Å²) < 4.78 is 13.5. The molecule has 0 atom stereocenters. The molecule has 0 aliphatic heterocycles. The molecule has 0 nitrogen and oxygen atoms in total. The first-order valence-electron chi connectivity index (χ1n) is 5.50. The summed E-state index contributed by atoms with van der Waals surface area (Å²) in [5, 5.41) is 0. The fraction of sp³-hybridized carbons (Fsp3) is 0. The van der Waals surface area contributed by atoms with Gasteiger partial charge in [-0.05, 0) is 23.3 Å². The molecule has 0 N–H and O–H groups in total. The highest BCUT2D eigenvalue weighted by atomic mass is 19.1. The average Bonchev–Trinajstić information content (AvgIpc) is 2.39. The highest BCUT2D eigenvalue weighted by molar-refractivity contribution is 5.59. The quantitative estimate of drug-likeness (QED) is 0.662. The lowest BCUT2D eigenvalue weighted by molar-refractivity contribution is 0.675. The summed E-state index contributed by atoms with van der Waals surface area (Å²) >= 11 is 0. The van der Waals surface area contributed by atoms with E-state index in [1.807, 2.05) is 60.7 Å². The van der Waals surface area contributed by atoms with Gasteiger partial charge in [-0.25, -0.2) is 4.39 Å². The molecule has 84 valence electrons. The molecule has 17 heavy (non-hydrogen) atoms. The molecule has 1 heteroatoms. The van der Waals surface area contributed by atoms with Crippen LogP contribution in [0.25, 0.3) is 12.2 Å². The van der Waals surface area contributed by atoms with Crippen LogP contribution in [0.15, 0.2) is 72.6 Å². The van der Waals surface area contributed by atoms with Gasteiger partial charge < -0.3 is 0 Å². The van der Waals surface area contributed by atoms with Crippen molar-refractivity contribution < 1.29 is 4.39 Å². The molecule has 0 aromatic heterocycles. The van der Waals surface area contributed by atoms with Crippen molar-refractivity contribution in [1.82, 2.24) is 0 Å². The van der Waals surface area contributed by atoms with Gasteiger partial charge in [0.05, 0.1) is 0 Å². The van der Waals surface area contributed by atoms with Gasteiger partial charge in [0.15, 0.2) is 0 Å². The molecule has 0 aliphatic carbocycles. The van der Waals surface area contributed by atoms with Crippen molar-refractivity contribution in [2.45, 2.75) is 0 Å². The first-order valence-corrected chi connectivity index (χ1v) is 5.50. The molecule has 0 radical (unpaired) electrons. The Hall–Kier alpha value is -2.15. The van der Waals surface area contributed by atoms with Crippen molar-refractivity contribution in [1.29, 1.82) is 0 Å². The summed E-state index contributed by atoms with van der Waals surface area (Å²) in [4.78, 5) is 0. The number of rotatable bonds is 3. The van der Waals surface area contributed by atoms with Crippen LogP contribution in [0, 0.1) is 0 Å². The Morgan fingerprint density at radius 2 is 1.29 bits per heavy atom. The first kappa shape index (κ1) is 11.3. The fourth-order valence-corrected chi connectivity index (χ4v) is 1.50. The molecule has 0 saturated heterocycles. The van der Waals surface area contributed by atoms with Crippen LogP contribution >= 0.6 is 0 Å². The van der Waals surface area contributed by atoms with E-state index in [9.17, 15) is 4.39 Å². The Labute approximate surface area is 101 Å². The zero-order chi connectivity index (χ0) is 11.9. The molecule has 0 unspecified atom stereocenters. The van der Waals surface area contributed by atoms with Crippen LogP contribution in [-0.2, 0) is 0 Å². The van der Waals surface area contributed by atoms with E-state index in [0.29, 0.717) is 0 Å². The highest BCUT2D eigenvalue weighted by Crippen LogP contribution is 2.11. The van der Waals surface area contributed by atoms with Crippen LogP contribution < -0.4 is 0 Å². The topological polar surface area (TPSA) is 0 Å². The van der Waals surface area contributed by atoms with E-state index in [1.54, 1.807) is 6.08 Å². The third-order valence-corrected chi connectivity index (χ3v) is 2.34. The number of hydrogen-bond donors (Lipinski definition) is 0. The Balaban J connectivity index is 2.09. The van der Waals surface area contributed by atoms with E-state index in [1.165, 1.54) is 12.2 Å². The second-order valence-corrected chi connectivity index (χ2v) is 3.68. The van der Waals surface area contributed by atoms with Crippen LogP contribution in [-0.4, -0.2) is 0 Å². The van der Waals surface area contributed by atoms with Gasteiger partial charge in [-0.3, -0.25) is 0 Å². The van der Waals surface area contributed by atoms with Gasteiger partial charge >= 0.3 is 0 Å². The van der Waals surface area contributed by atoms with E-state index < -0.39 is 0 Å². The molecule has 0 saturated carbocycles. The molecule has 0 fully saturated rings. The molecular formula is C16H13F. The van der Waals surface area contributed by atoms with Gasteiger partial charge in [-0.2, -0.15) is 0 Å². The Bertz CT molecular complexity index is 510. The summed E-state index contributed by atoms with van der Waals surface area (Å²) in [5.41, 5.74) is 1.85. The second kappa shape index (κ2) is 5.80. The lowest BCUT2D eigenvalue weighted by Gasteiger charge is -1.93. The van der Waals surface area contributed by atoms with Crippen molar-refractivity contribution in [3.05, 3.63) is 83.7 Å². The third kappa shape index (κ3) is 3.72. The maximum absolute atomic E-state index is 13.5. The van der Waals surface area contributed by atoms with Gasteiger partial charge in [0, 0.05) is 0 Å².